The molecule has 1 aromatic heterocycles. The molecular weight excluding hydrogens is 474 g/mol. The third-order valence-corrected chi connectivity index (χ3v) is 6.51. The molecular formula is C27H25N5O3S. The van der Waals surface area contributed by atoms with Gasteiger partial charge in [-0.2, -0.15) is 10.2 Å². The molecule has 0 unspecified atom stereocenters. The number of sulfonamides is 1. The molecule has 0 aliphatic carbocycles. The molecule has 3 aromatic carbocycles. The zero-order chi connectivity index (χ0) is 25.3. The van der Waals surface area contributed by atoms with Crippen molar-refractivity contribution in [3.63, 3.8) is 0 Å². The van der Waals surface area contributed by atoms with Crippen molar-refractivity contribution in [1.29, 1.82) is 0 Å². The van der Waals surface area contributed by atoms with E-state index in [4.69, 9.17) is 10.2 Å². The lowest BCUT2D eigenvalue weighted by molar-refractivity contribution is -0.130. The maximum absolute atomic E-state index is 12.6. The van der Waals surface area contributed by atoms with Crippen LogP contribution in [-0.4, -0.2) is 41.1 Å². The molecule has 1 amide bonds. The summed E-state index contributed by atoms with van der Waals surface area (Å²) in [4.78, 5) is 12.6. The number of nitrogens with zero attached hydrogens (tertiary/aromatic N) is 4. The van der Waals surface area contributed by atoms with Gasteiger partial charge in [-0.25, -0.2) is 18.1 Å². The minimum Gasteiger partial charge on any atom is -0.284 e. The fourth-order valence-corrected chi connectivity index (χ4v) is 4.91. The number of benzene rings is 3. The number of anilines is 1. The van der Waals surface area contributed by atoms with Crippen molar-refractivity contribution in [2.45, 2.75) is 19.4 Å². The van der Waals surface area contributed by atoms with Gasteiger partial charge in [0.1, 0.15) is 5.69 Å². The van der Waals surface area contributed by atoms with Gasteiger partial charge in [0.05, 0.1) is 23.7 Å². The molecule has 0 bridgehead atoms. The molecule has 0 fully saturated rings. The van der Waals surface area contributed by atoms with Gasteiger partial charge in [0.15, 0.2) is 0 Å². The first-order valence-corrected chi connectivity index (χ1v) is 13.3. The summed E-state index contributed by atoms with van der Waals surface area (Å²) in [5.74, 6) is -0.201. The highest BCUT2D eigenvalue weighted by Crippen LogP contribution is 2.36. The maximum Gasteiger partial charge on any atom is 0.240 e. The standard InChI is InChI=1S/C27H25N5O3S/c1-19(33)32-26(21-12-9-13-22(16-21)30-36(2,34)35)17-25(28-32)24-18-31(23-14-7-4-8-15-23)29-27(24)20-10-5-3-6-11-20/h3-16,18,26,30H,17H2,1-2H3/t26-/m0/s1. The van der Waals surface area contributed by atoms with Crippen LogP contribution in [0.1, 0.15) is 30.5 Å². The molecule has 1 aliphatic rings. The quantitative estimate of drug-likeness (QED) is 0.419. The number of carbonyl (C=O) groups is 1. The van der Waals surface area contributed by atoms with Gasteiger partial charge in [-0.3, -0.25) is 9.52 Å². The van der Waals surface area contributed by atoms with Gasteiger partial charge in [0, 0.05) is 36.4 Å². The van der Waals surface area contributed by atoms with E-state index in [1.54, 1.807) is 18.2 Å². The molecule has 182 valence electrons. The molecule has 5 rings (SSSR count). The molecule has 2 heterocycles. The minimum atomic E-state index is -3.43. The Bertz CT molecular complexity index is 1550. The first-order chi connectivity index (χ1) is 17.3. The monoisotopic (exact) mass is 499 g/mol. The predicted molar refractivity (Wildman–Crippen MR) is 140 cm³/mol. The highest BCUT2D eigenvalue weighted by Gasteiger charge is 2.33. The summed E-state index contributed by atoms with van der Waals surface area (Å²) in [5.41, 5.74) is 5.43. The fraction of sp³-hybridized carbons (Fsp3) is 0.148. The van der Waals surface area contributed by atoms with Gasteiger partial charge in [-0.15, -0.1) is 0 Å². The lowest BCUT2D eigenvalue weighted by Crippen LogP contribution is -2.24. The van der Waals surface area contributed by atoms with Crippen LogP contribution in [0.15, 0.2) is 96.2 Å². The van der Waals surface area contributed by atoms with Crippen LogP contribution in [0.5, 0.6) is 0 Å². The van der Waals surface area contributed by atoms with Crippen LogP contribution in [-0.2, 0) is 14.8 Å². The Labute approximate surface area is 209 Å². The Hall–Kier alpha value is -4.24. The maximum atomic E-state index is 12.6. The first-order valence-electron chi connectivity index (χ1n) is 11.4. The van der Waals surface area contributed by atoms with Crippen molar-refractivity contribution in [2.75, 3.05) is 11.0 Å². The third kappa shape index (κ3) is 4.92. The van der Waals surface area contributed by atoms with Crippen LogP contribution in [0, 0.1) is 0 Å². The molecule has 0 radical (unpaired) electrons. The van der Waals surface area contributed by atoms with Gasteiger partial charge in [-0.05, 0) is 29.8 Å². The Balaban J connectivity index is 1.56. The van der Waals surface area contributed by atoms with E-state index in [-0.39, 0.29) is 11.9 Å². The smallest absolute Gasteiger partial charge is 0.240 e. The van der Waals surface area contributed by atoms with E-state index < -0.39 is 10.0 Å². The van der Waals surface area contributed by atoms with Gasteiger partial charge in [-0.1, -0.05) is 60.7 Å². The molecule has 0 spiro atoms. The Morgan fingerprint density at radius 3 is 2.33 bits per heavy atom. The topological polar surface area (TPSA) is 96.7 Å². The molecule has 8 nitrogen and oxygen atoms in total. The summed E-state index contributed by atoms with van der Waals surface area (Å²) in [6, 6.07) is 26.4. The third-order valence-electron chi connectivity index (χ3n) is 5.90. The van der Waals surface area contributed by atoms with Crippen molar-refractivity contribution in [3.8, 4) is 16.9 Å². The Morgan fingerprint density at radius 1 is 0.972 bits per heavy atom. The number of para-hydroxylation sites is 1. The van der Waals surface area contributed by atoms with Crippen LogP contribution >= 0.6 is 0 Å². The van der Waals surface area contributed by atoms with Crippen molar-refractivity contribution in [2.24, 2.45) is 5.10 Å². The molecule has 1 aliphatic heterocycles. The van der Waals surface area contributed by atoms with Crippen molar-refractivity contribution >= 4 is 27.3 Å². The van der Waals surface area contributed by atoms with E-state index in [2.05, 4.69) is 4.72 Å². The lowest BCUT2D eigenvalue weighted by atomic mass is 9.97. The predicted octanol–water partition coefficient (Wildman–Crippen LogP) is 4.61. The average molecular weight is 500 g/mol. The van der Waals surface area contributed by atoms with E-state index in [0.717, 1.165) is 40.0 Å². The van der Waals surface area contributed by atoms with E-state index in [0.29, 0.717) is 12.1 Å². The zero-order valence-corrected chi connectivity index (χ0v) is 20.7. The number of hydrogen-bond donors (Lipinski definition) is 1. The summed E-state index contributed by atoms with van der Waals surface area (Å²) in [6.45, 7) is 1.48. The average Bonchev–Trinajstić information content (AvgIpc) is 3.50. The van der Waals surface area contributed by atoms with Gasteiger partial charge >= 0.3 is 0 Å². The molecule has 36 heavy (non-hydrogen) atoms. The van der Waals surface area contributed by atoms with Gasteiger partial charge < -0.3 is 0 Å². The van der Waals surface area contributed by atoms with Crippen LogP contribution < -0.4 is 4.72 Å². The molecule has 1 atom stereocenters. The number of nitrogens with one attached hydrogen (secondary N) is 1. The second kappa shape index (κ2) is 9.43. The number of hydrogen-bond acceptors (Lipinski definition) is 5. The van der Waals surface area contributed by atoms with Crippen LogP contribution in [0.4, 0.5) is 5.69 Å². The number of rotatable bonds is 6. The second-order valence-corrected chi connectivity index (χ2v) is 10.4. The molecule has 1 N–H and O–H groups in total. The number of carbonyl (C=O) groups excluding carboxylic acids is 1. The Morgan fingerprint density at radius 2 is 1.67 bits per heavy atom. The first kappa shape index (κ1) is 23.5. The van der Waals surface area contributed by atoms with Crippen LogP contribution in [0.2, 0.25) is 0 Å². The Kier molecular flexibility index (Phi) is 6.15. The van der Waals surface area contributed by atoms with Crippen molar-refractivity contribution < 1.29 is 13.2 Å². The van der Waals surface area contributed by atoms with E-state index >= 15 is 0 Å². The van der Waals surface area contributed by atoms with Gasteiger partial charge in [0.25, 0.3) is 0 Å². The van der Waals surface area contributed by atoms with Crippen molar-refractivity contribution in [1.82, 2.24) is 14.8 Å². The highest BCUT2D eigenvalue weighted by molar-refractivity contribution is 7.92. The molecule has 0 saturated carbocycles. The largest absolute Gasteiger partial charge is 0.284 e. The summed E-state index contributed by atoms with van der Waals surface area (Å²) in [6.07, 6.45) is 3.51. The SMILES string of the molecule is CC(=O)N1N=C(c2cn(-c3ccccc3)nc2-c2ccccc2)C[C@H]1c1cccc(NS(C)(=O)=O)c1. The van der Waals surface area contributed by atoms with Gasteiger partial charge in [0.2, 0.25) is 15.9 Å². The minimum absolute atomic E-state index is 0.201. The second-order valence-electron chi connectivity index (χ2n) is 8.67. The highest BCUT2D eigenvalue weighted by atomic mass is 32.2. The zero-order valence-electron chi connectivity index (χ0n) is 19.9. The summed E-state index contributed by atoms with van der Waals surface area (Å²) in [7, 11) is -3.43. The van der Waals surface area contributed by atoms with Crippen LogP contribution in [0.25, 0.3) is 16.9 Å². The van der Waals surface area contributed by atoms with Crippen molar-refractivity contribution in [3.05, 3.63) is 102 Å². The van der Waals surface area contributed by atoms with E-state index in [1.807, 2.05) is 77.6 Å². The summed E-state index contributed by atoms with van der Waals surface area (Å²) in [5, 5.41) is 11.1. The number of hydrazone groups is 1. The molecule has 0 saturated heterocycles. The van der Waals surface area contributed by atoms with E-state index in [1.165, 1.54) is 11.9 Å². The summed E-state index contributed by atoms with van der Waals surface area (Å²) >= 11 is 0. The number of amides is 1. The lowest BCUT2D eigenvalue weighted by Gasteiger charge is -2.21. The van der Waals surface area contributed by atoms with E-state index in [9.17, 15) is 13.2 Å². The normalized spacial score (nSPS) is 15.6. The molecule has 4 aromatic rings. The molecule has 9 heteroatoms. The summed E-state index contributed by atoms with van der Waals surface area (Å²) < 4.78 is 27.8. The van der Waals surface area contributed by atoms with Crippen LogP contribution in [0.3, 0.4) is 0 Å². The fourth-order valence-electron chi connectivity index (χ4n) is 4.35. The number of aromatic nitrogens is 2.